The van der Waals surface area contributed by atoms with E-state index in [4.69, 9.17) is 10.5 Å². The molecule has 3 aromatic heterocycles. The summed E-state index contributed by atoms with van der Waals surface area (Å²) >= 11 is 1.60. The lowest BCUT2D eigenvalue weighted by atomic mass is 10.0. The number of amides is 1. The van der Waals surface area contributed by atoms with Crippen molar-refractivity contribution in [2.75, 3.05) is 6.54 Å². The minimum Gasteiger partial charge on any atom is -0.456 e. The van der Waals surface area contributed by atoms with Gasteiger partial charge in [0.25, 0.3) is 0 Å². The smallest absolute Gasteiger partial charge is 0.248 e. The van der Waals surface area contributed by atoms with E-state index in [1.165, 1.54) is 0 Å². The first-order chi connectivity index (χ1) is 19.5. The van der Waals surface area contributed by atoms with Crippen molar-refractivity contribution in [1.82, 2.24) is 15.3 Å². The Morgan fingerprint density at radius 3 is 2.48 bits per heavy atom. The third kappa shape index (κ3) is 6.77. The molecule has 40 heavy (non-hydrogen) atoms. The fourth-order valence-corrected chi connectivity index (χ4v) is 5.40. The number of benzene rings is 2. The van der Waals surface area contributed by atoms with Crippen LogP contribution in [0.4, 0.5) is 0 Å². The third-order valence-electron chi connectivity index (χ3n) is 6.37. The van der Waals surface area contributed by atoms with E-state index < -0.39 is 5.91 Å². The summed E-state index contributed by atoms with van der Waals surface area (Å²) in [5, 5.41) is 3.40. The van der Waals surface area contributed by atoms with Gasteiger partial charge in [-0.3, -0.25) is 19.6 Å². The van der Waals surface area contributed by atoms with Crippen LogP contribution in [-0.2, 0) is 24.2 Å². The van der Waals surface area contributed by atoms with Gasteiger partial charge >= 0.3 is 0 Å². The van der Waals surface area contributed by atoms with Crippen molar-refractivity contribution < 1.29 is 14.3 Å². The number of rotatable bonds is 12. The standard InChI is InChI=1S/C32H30N4O3S/c1-2-13-34-19-23-8-11-27(36-20-23)30-18-28-31(40-30)29(12-14-35-28)39-26-9-6-21(7-10-26)16-25(37)17-22-4-3-5-24(15-22)32(33)38/h3-12,14-15,18,20,34H,2,13,16-17,19H2,1H3,(H2,33,38). The van der Waals surface area contributed by atoms with E-state index in [2.05, 4.69) is 28.3 Å². The normalized spacial score (nSPS) is 11.0. The van der Waals surface area contributed by atoms with Crippen LogP contribution in [-0.4, -0.2) is 28.2 Å². The van der Waals surface area contributed by atoms with E-state index in [1.54, 1.807) is 35.7 Å². The zero-order valence-electron chi connectivity index (χ0n) is 22.2. The number of primary amides is 1. The number of ether oxygens (including phenoxy) is 1. The maximum Gasteiger partial charge on any atom is 0.248 e. The number of aromatic nitrogens is 2. The Kier molecular flexibility index (Phi) is 8.59. The van der Waals surface area contributed by atoms with Crippen molar-refractivity contribution in [3.8, 4) is 22.1 Å². The summed E-state index contributed by atoms with van der Waals surface area (Å²) < 4.78 is 7.17. The molecule has 0 spiro atoms. The number of nitrogens with one attached hydrogen (secondary N) is 1. The molecule has 3 heterocycles. The fourth-order valence-electron chi connectivity index (χ4n) is 4.36. The molecular formula is C32H30N4O3S. The first kappa shape index (κ1) is 27.2. The Labute approximate surface area is 237 Å². The molecule has 0 aliphatic rings. The molecule has 0 aliphatic heterocycles. The third-order valence-corrected chi connectivity index (χ3v) is 7.54. The number of carbonyl (C=O) groups excluding carboxylic acids is 2. The lowest BCUT2D eigenvalue weighted by Gasteiger charge is -2.08. The molecule has 0 radical (unpaired) electrons. The number of ketones is 1. The zero-order valence-corrected chi connectivity index (χ0v) is 23.0. The topological polar surface area (TPSA) is 107 Å². The van der Waals surface area contributed by atoms with Crippen LogP contribution in [0.1, 0.15) is 40.4 Å². The molecule has 5 rings (SSSR count). The molecule has 202 valence electrons. The molecule has 1 amide bonds. The van der Waals surface area contributed by atoms with Gasteiger partial charge in [-0.25, -0.2) is 0 Å². The summed E-state index contributed by atoms with van der Waals surface area (Å²) in [7, 11) is 0. The molecule has 0 saturated heterocycles. The van der Waals surface area contributed by atoms with Crippen LogP contribution in [0.2, 0.25) is 0 Å². The summed E-state index contributed by atoms with van der Waals surface area (Å²) in [6.45, 7) is 3.95. The van der Waals surface area contributed by atoms with Crippen molar-refractivity contribution in [3.63, 3.8) is 0 Å². The number of pyridine rings is 2. The van der Waals surface area contributed by atoms with Crippen molar-refractivity contribution in [2.24, 2.45) is 5.73 Å². The Bertz CT molecular complexity index is 1630. The van der Waals surface area contributed by atoms with Gasteiger partial charge in [0.05, 0.1) is 20.8 Å². The summed E-state index contributed by atoms with van der Waals surface area (Å²) in [6.07, 6.45) is 5.28. The van der Waals surface area contributed by atoms with Crippen LogP contribution in [0.5, 0.6) is 11.5 Å². The second-order valence-electron chi connectivity index (χ2n) is 9.57. The van der Waals surface area contributed by atoms with Gasteiger partial charge in [0.15, 0.2) is 0 Å². The fraction of sp³-hybridized carbons (Fsp3) is 0.188. The van der Waals surface area contributed by atoms with Crippen molar-refractivity contribution in [3.05, 3.63) is 107 Å². The van der Waals surface area contributed by atoms with Gasteiger partial charge in [-0.2, -0.15) is 0 Å². The zero-order chi connectivity index (χ0) is 27.9. The molecule has 0 unspecified atom stereocenters. The number of hydrogen-bond acceptors (Lipinski definition) is 7. The number of nitrogens with zero attached hydrogens (tertiary/aromatic N) is 2. The minimum atomic E-state index is -0.503. The molecule has 0 bridgehead atoms. The molecule has 5 aromatic rings. The van der Waals surface area contributed by atoms with E-state index in [0.29, 0.717) is 11.3 Å². The number of thiophene rings is 1. The van der Waals surface area contributed by atoms with Crippen LogP contribution < -0.4 is 15.8 Å². The Morgan fingerprint density at radius 1 is 0.925 bits per heavy atom. The van der Waals surface area contributed by atoms with Gasteiger partial charge in [0.2, 0.25) is 5.91 Å². The molecular weight excluding hydrogens is 520 g/mol. The van der Waals surface area contributed by atoms with Gasteiger partial charge < -0.3 is 15.8 Å². The SMILES string of the molecule is CCCNCc1ccc(-c2cc3nccc(Oc4ccc(CC(=O)Cc5cccc(C(N)=O)c5)cc4)c3s2)nc1. The van der Waals surface area contributed by atoms with Crippen LogP contribution >= 0.6 is 11.3 Å². The second kappa shape index (κ2) is 12.6. The van der Waals surface area contributed by atoms with E-state index in [-0.39, 0.29) is 18.6 Å². The molecule has 7 nitrogen and oxygen atoms in total. The maximum atomic E-state index is 12.6. The highest BCUT2D eigenvalue weighted by atomic mass is 32.1. The van der Waals surface area contributed by atoms with Crippen LogP contribution in [0.3, 0.4) is 0 Å². The number of carbonyl (C=O) groups is 2. The van der Waals surface area contributed by atoms with E-state index in [0.717, 1.165) is 62.7 Å². The average molecular weight is 551 g/mol. The predicted molar refractivity (Wildman–Crippen MR) is 159 cm³/mol. The minimum absolute atomic E-state index is 0.0520. The number of fused-ring (bicyclic) bond motifs is 1. The first-order valence-electron chi connectivity index (χ1n) is 13.2. The van der Waals surface area contributed by atoms with Gasteiger partial charge in [0, 0.05) is 43.4 Å². The van der Waals surface area contributed by atoms with Gasteiger partial charge in [-0.15, -0.1) is 11.3 Å². The predicted octanol–water partition coefficient (Wildman–Crippen LogP) is 6.10. The summed E-state index contributed by atoms with van der Waals surface area (Å²) in [5.74, 6) is 0.946. The quantitative estimate of drug-likeness (QED) is 0.182. The summed E-state index contributed by atoms with van der Waals surface area (Å²) in [6, 6.07) is 22.4. The Morgan fingerprint density at radius 2 is 1.73 bits per heavy atom. The highest BCUT2D eigenvalue weighted by molar-refractivity contribution is 7.22. The van der Waals surface area contributed by atoms with Crippen molar-refractivity contribution >= 4 is 33.2 Å². The lowest BCUT2D eigenvalue weighted by Crippen LogP contribution is -2.13. The van der Waals surface area contributed by atoms with Crippen molar-refractivity contribution in [2.45, 2.75) is 32.7 Å². The molecule has 2 aromatic carbocycles. The van der Waals surface area contributed by atoms with Gasteiger partial charge in [-0.1, -0.05) is 37.3 Å². The molecule has 8 heteroatoms. The Hall–Kier alpha value is -4.40. The highest BCUT2D eigenvalue weighted by Crippen LogP contribution is 2.38. The van der Waals surface area contributed by atoms with E-state index in [9.17, 15) is 9.59 Å². The average Bonchev–Trinajstić information content (AvgIpc) is 3.40. The monoisotopic (exact) mass is 550 g/mol. The van der Waals surface area contributed by atoms with Crippen molar-refractivity contribution in [1.29, 1.82) is 0 Å². The lowest BCUT2D eigenvalue weighted by molar-refractivity contribution is -0.117. The van der Waals surface area contributed by atoms with E-state index >= 15 is 0 Å². The van der Waals surface area contributed by atoms with Crippen LogP contribution in [0.25, 0.3) is 20.8 Å². The molecule has 0 atom stereocenters. The maximum absolute atomic E-state index is 12.6. The number of nitrogens with two attached hydrogens (primary N) is 1. The summed E-state index contributed by atoms with van der Waals surface area (Å²) in [4.78, 5) is 34.2. The largest absolute Gasteiger partial charge is 0.456 e. The summed E-state index contributed by atoms with van der Waals surface area (Å²) in [5.41, 5.74) is 10.3. The molecule has 0 fully saturated rings. The molecule has 0 aliphatic carbocycles. The van der Waals surface area contributed by atoms with E-state index in [1.807, 2.05) is 54.7 Å². The Balaban J connectivity index is 1.24. The van der Waals surface area contributed by atoms with Gasteiger partial charge in [-0.05, 0) is 66.1 Å². The number of hydrogen-bond donors (Lipinski definition) is 2. The first-order valence-corrected chi connectivity index (χ1v) is 14.0. The number of Topliss-reactive ketones (excluding diaryl/α,β-unsaturated/α-hetero) is 1. The van der Waals surface area contributed by atoms with Gasteiger partial charge in [0.1, 0.15) is 17.3 Å². The van der Waals surface area contributed by atoms with Crippen LogP contribution in [0.15, 0.2) is 85.2 Å². The molecule has 3 N–H and O–H groups in total. The second-order valence-corrected chi connectivity index (χ2v) is 10.6. The molecule has 0 saturated carbocycles. The highest BCUT2D eigenvalue weighted by Gasteiger charge is 2.13. The van der Waals surface area contributed by atoms with Crippen LogP contribution in [0, 0.1) is 0 Å².